The fourth-order valence-electron chi connectivity index (χ4n) is 2.76. The molecular formula is C21H29N5O7. The molecule has 0 saturated carbocycles. The van der Waals surface area contributed by atoms with E-state index in [2.05, 4.69) is 16.2 Å². The highest BCUT2D eigenvalue weighted by Gasteiger charge is 2.44. The monoisotopic (exact) mass is 463 g/mol. The zero-order valence-electron chi connectivity index (χ0n) is 18.9. The van der Waals surface area contributed by atoms with Gasteiger partial charge in [0.25, 0.3) is 0 Å². The number of hydrogen-bond acceptors (Lipinski definition) is 9. The minimum Gasteiger partial charge on any atom is -0.481 e. The third kappa shape index (κ3) is 7.73. The van der Waals surface area contributed by atoms with Gasteiger partial charge in [-0.1, -0.05) is 20.8 Å². The normalized spacial score (nSPS) is 18.8. The third-order valence-electron chi connectivity index (χ3n) is 4.59. The Morgan fingerprint density at radius 1 is 1.24 bits per heavy atom. The van der Waals surface area contributed by atoms with Crippen LogP contribution in [0.4, 0.5) is 5.82 Å². The summed E-state index contributed by atoms with van der Waals surface area (Å²) in [4.78, 5) is 33.9. The first-order valence-corrected chi connectivity index (χ1v) is 10.4. The quantitative estimate of drug-likeness (QED) is 0.532. The number of fused-ring (bicyclic) bond motifs is 1. The number of aromatic nitrogens is 3. The first kappa shape index (κ1) is 27.3. The number of carboxylic acid groups (broad SMARTS) is 2. The molecule has 2 aromatic rings. The van der Waals surface area contributed by atoms with Crippen molar-refractivity contribution in [1.29, 1.82) is 5.26 Å². The van der Waals surface area contributed by atoms with Crippen molar-refractivity contribution in [2.75, 3.05) is 12.3 Å². The highest BCUT2D eigenvalue weighted by atomic mass is 16.6. The highest BCUT2D eigenvalue weighted by molar-refractivity contribution is 5.69. The molecule has 0 aromatic carbocycles. The van der Waals surface area contributed by atoms with E-state index >= 15 is 0 Å². The van der Waals surface area contributed by atoms with E-state index in [-0.39, 0.29) is 31.5 Å². The lowest BCUT2D eigenvalue weighted by Crippen LogP contribution is -2.28. The number of nitriles is 1. The maximum Gasteiger partial charge on any atom is 0.305 e. The molecule has 1 saturated heterocycles. The maximum atomic E-state index is 11.3. The van der Waals surface area contributed by atoms with Crippen molar-refractivity contribution in [2.45, 2.75) is 64.6 Å². The van der Waals surface area contributed by atoms with Crippen LogP contribution in [0.2, 0.25) is 0 Å². The van der Waals surface area contributed by atoms with Gasteiger partial charge in [-0.2, -0.15) is 10.4 Å². The van der Waals surface area contributed by atoms with Gasteiger partial charge in [-0.3, -0.25) is 14.4 Å². The van der Waals surface area contributed by atoms with Gasteiger partial charge in [0.2, 0.25) is 0 Å². The number of nitrogens with two attached hydrogens (primary N) is 1. The van der Waals surface area contributed by atoms with Gasteiger partial charge in [0.05, 0.1) is 11.8 Å². The van der Waals surface area contributed by atoms with Crippen LogP contribution in [0.25, 0.3) is 5.52 Å². The summed E-state index contributed by atoms with van der Waals surface area (Å²) in [5.41, 5.74) is 5.93. The second-order valence-corrected chi connectivity index (χ2v) is 6.91. The summed E-state index contributed by atoms with van der Waals surface area (Å²) >= 11 is 0. The molecule has 1 aliphatic heterocycles. The molecule has 0 amide bonds. The number of carboxylic acids is 2. The molecule has 12 nitrogen and oxygen atoms in total. The summed E-state index contributed by atoms with van der Waals surface area (Å²) in [6.45, 7) is 5.08. The molecule has 2 unspecified atom stereocenters. The van der Waals surface area contributed by atoms with Crippen LogP contribution in [-0.2, 0) is 29.5 Å². The number of hydrogen-bond donors (Lipinski definition) is 3. The van der Waals surface area contributed by atoms with Crippen LogP contribution >= 0.6 is 0 Å². The number of nitrogen functional groups attached to an aromatic ring is 1. The average molecular weight is 463 g/mol. The summed E-state index contributed by atoms with van der Waals surface area (Å²) in [7, 11) is 0. The molecule has 0 radical (unpaired) electrons. The van der Waals surface area contributed by atoms with Crippen molar-refractivity contribution < 1.29 is 34.1 Å². The lowest BCUT2D eigenvalue weighted by Gasteiger charge is -2.21. The first-order valence-electron chi connectivity index (χ1n) is 10.4. The number of ether oxygens (including phenoxy) is 2. The zero-order chi connectivity index (χ0) is 25.0. The van der Waals surface area contributed by atoms with Crippen LogP contribution in [0.1, 0.15) is 58.6 Å². The standard InChI is InChI=1S/C15H17N5O3.2C3H6O2/c1-2-13(21)22-7-10-5-6-15(8-16,23-10)12-4-3-11-14(17)18-9-19-20(11)12;2*1-2-3(4)5/h3-4,9-10H,2,5-7H2,1H3,(H2,17,18,19);2*2H2,1H3,(H,4,5). The molecule has 0 bridgehead atoms. The Balaban J connectivity index is 0.000000460. The van der Waals surface area contributed by atoms with Gasteiger partial charge in [0, 0.05) is 19.3 Å². The number of rotatable bonds is 6. The SMILES string of the molecule is CCC(=O)O.CCC(=O)O.CCC(=O)OCC1CCC(C#N)(c2ccc3c(N)ncnn23)O1. The summed E-state index contributed by atoms with van der Waals surface area (Å²) in [5.74, 6) is -1.43. The smallest absolute Gasteiger partial charge is 0.305 e. The van der Waals surface area contributed by atoms with Gasteiger partial charge >= 0.3 is 17.9 Å². The van der Waals surface area contributed by atoms with Gasteiger partial charge in [-0.25, -0.2) is 9.50 Å². The summed E-state index contributed by atoms with van der Waals surface area (Å²) in [6, 6.07) is 5.77. The Labute approximate surface area is 190 Å². The van der Waals surface area contributed by atoms with E-state index in [1.165, 1.54) is 6.33 Å². The van der Waals surface area contributed by atoms with Crippen LogP contribution in [0, 0.1) is 11.3 Å². The molecular weight excluding hydrogens is 434 g/mol. The molecule has 1 fully saturated rings. The number of anilines is 1. The van der Waals surface area contributed by atoms with Crippen LogP contribution in [0.3, 0.4) is 0 Å². The van der Waals surface area contributed by atoms with Gasteiger partial charge in [-0.15, -0.1) is 0 Å². The molecule has 33 heavy (non-hydrogen) atoms. The van der Waals surface area contributed by atoms with E-state index in [1.54, 1.807) is 37.4 Å². The number of esters is 1. The van der Waals surface area contributed by atoms with Crippen molar-refractivity contribution in [1.82, 2.24) is 14.6 Å². The summed E-state index contributed by atoms with van der Waals surface area (Å²) in [6.07, 6.45) is 2.91. The molecule has 2 aromatic heterocycles. The van der Waals surface area contributed by atoms with E-state index in [9.17, 15) is 19.6 Å². The topological polar surface area (TPSA) is 190 Å². The Bertz CT molecular complexity index is 987. The van der Waals surface area contributed by atoms with E-state index in [0.717, 1.165) is 0 Å². The third-order valence-corrected chi connectivity index (χ3v) is 4.59. The predicted molar refractivity (Wildman–Crippen MR) is 116 cm³/mol. The summed E-state index contributed by atoms with van der Waals surface area (Å²) < 4.78 is 12.6. The number of carbonyl (C=O) groups excluding carboxylic acids is 1. The van der Waals surface area contributed by atoms with Gasteiger partial charge in [0.1, 0.15) is 24.5 Å². The first-order chi connectivity index (χ1) is 15.6. The highest BCUT2D eigenvalue weighted by Crippen LogP contribution is 2.39. The molecule has 12 heteroatoms. The summed E-state index contributed by atoms with van der Waals surface area (Å²) in [5, 5.41) is 29.3. The molecule has 180 valence electrons. The van der Waals surface area contributed by atoms with Crippen molar-refractivity contribution in [3.8, 4) is 6.07 Å². The Kier molecular flexibility index (Phi) is 10.7. The van der Waals surface area contributed by atoms with Crippen LogP contribution in [0.5, 0.6) is 0 Å². The molecule has 0 aliphatic carbocycles. The molecule has 1 aliphatic rings. The zero-order valence-corrected chi connectivity index (χ0v) is 18.9. The molecule has 3 rings (SSSR count). The van der Waals surface area contributed by atoms with E-state index in [0.29, 0.717) is 36.3 Å². The minimum atomic E-state index is -1.13. The van der Waals surface area contributed by atoms with Crippen molar-refractivity contribution >= 4 is 29.2 Å². The lowest BCUT2D eigenvalue weighted by molar-refractivity contribution is -0.148. The predicted octanol–water partition coefficient (Wildman–Crippen LogP) is 2.12. The van der Waals surface area contributed by atoms with E-state index in [1.807, 2.05) is 0 Å². The average Bonchev–Trinajstić information content (AvgIpc) is 3.44. The number of nitrogens with zero attached hydrogens (tertiary/aromatic N) is 4. The van der Waals surface area contributed by atoms with Crippen molar-refractivity contribution in [3.05, 3.63) is 24.2 Å². The second kappa shape index (κ2) is 13.0. The van der Waals surface area contributed by atoms with E-state index in [4.69, 9.17) is 25.4 Å². The van der Waals surface area contributed by atoms with Gasteiger partial charge < -0.3 is 25.4 Å². The number of aliphatic carboxylic acids is 2. The number of carbonyl (C=O) groups is 3. The van der Waals surface area contributed by atoms with Crippen molar-refractivity contribution in [2.24, 2.45) is 0 Å². The van der Waals surface area contributed by atoms with Crippen LogP contribution in [0.15, 0.2) is 18.5 Å². The molecule has 2 atom stereocenters. The minimum absolute atomic E-state index is 0.149. The molecule has 3 heterocycles. The molecule has 0 spiro atoms. The second-order valence-electron chi connectivity index (χ2n) is 6.91. The maximum absolute atomic E-state index is 11.3. The Morgan fingerprint density at radius 2 is 1.85 bits per heavy atom. The van der Waals surface area contributed by atoms with E-state index < -0.39 is 17.5 Å². The Hall–Kier alpha value is -3.72. The lowest BCUT2D eigenvalue weighted by atomic mass is 9.98. The van der Waals surface area contributed by atoms with Crippen LogP contribution in [-0.4, -0.2) is 55.4 Å². The van der Waals surface area contributed by atoms with Crippen LogP contribution < -0.4 is 5.73 Å². The fourth-order valence-corrected chi connectivity index (χ4v) is 2.76. The van der Waals surface area contributed by atoms with Gasteiger partial charge in [0.15, 0.2) is 11.4 Å². The fraction of sp³-hybridized carbons (Fsp3) is 0.524. The largest absolute Gasteiger partial charge is 0.481 e. The van der Waals surface area contributed by atoms with Crippen molar-refractivity contribution in [3.63, 3.8) is 0 Å². The van der Waals surface area contributed by atoms with Gasteiger partial charge in [-0.05, 0) is 25.0 Å². The Morgan fingerprint density at radius 3 is 2.36 bits per heavy atom. The molecule has 4 N–H and O–H groups in total.